The largest absolute Gasteiger partial charge is 0.374 e. The van der Waals surface area contributed by atoms with Crippen LogP contribution in [0.5, 0.6) is 0 Å². The molecular weight excluding hydrogens is 528 g/mol. The molecule has 3 aromatic rings. The first-order chi connectivity index (χ1) is 14.5. The highest BCUT2D eigenvalue weighted by molar-refractivity contribution is 9.10. The van der Waals surface area contributed by atoms with Crippen LogP contribution in [0.25, 0.3) is 6.08 Å². The molecule has 6 heteroatoms. The summed E-state index contributed by atoms with van der Waals surface area (Å²) in [6.45, 7) is 0. The third kappa shape index (κ3) is 5.04. The highest BCUT2D eigenvalue weighted by Crippen LogP contribution is 2.29. The summed E-state index contributed by atoms with van der Waals surface area (Å²) >= 11 is 12.9. The molecule has 1 unspecified atom stereocenters. The molecule has 0 heterocycles. The van der Waals surface area contributed by atoms with E-state index in [0.717, 1.165) is 25.9 Å². The monoisotopic (exact) mass is 542 g/mol. The Balaban J connectivity index is 1.65. The molecule has 4 rings (SSSR count). The summed E-state index contributed by atoms with van der Waals surface area (Å²) in [5.41, 5.74) is 3.92. The number of hydrogen-bond acceptors (Lipinski definition) is 3. The van der Waals surface area contributed by atoms with Crippen LogP contribution < -0.4 is 10.6 Å². The highest BCUT2D eigenvalue weighted by Gasteiger charge is 2.30. The molecule has 0 fully saturated rings. The minimum absolute atomic E-state index is 0.0394. The Morgan fingerprint density at radius 2 is 1.37 bits per heavy atom. The maximum Gasteiger partial charge on any atom is 0.207 e. The van der Waals surface area contributed by atoms with Crippen LogP contribution in [0.3, 0.4) is 0 Å². The Morgan fingerprint density at radius 1 is 0.800 bits per heavy atom. The van der Waals surface area contributed by atoms with Crippen LogP contribution >= 0.6 is 43.5 Å². The van der Waals surface area contributed by atoms with Crippen LogP contribution in [0.1, 0.15) is 5.56 Å². The predicted octanol–water partition coefficient (Wildman–Crippen LogP) is 7.31. The molecule has 30 heavy (non-hydrogen) atoms. The van der Waals surface area contributed by atoms with Crippen molar-refractivity contribution in [3.8, 4) is 0 Å². The van der Waals surface area contributed by atoms with Crippen molar-refractivity contribution in [2.75, 3.05) is 10.6 Å². The van der Waals surface area contributed by atoms with E-state index in [-0.39, 0.29) is 11.8 Å². The zero-order valence-corrected chi connectivity index (χ0v) is 19.6. The van der Waals surface area contributed by atoms with Gasteiger partial charge in [-0.2, -0.15) is 0 Å². The van der Waals surface area contributed by atoms with E-state index in [1.807, 2.05) is 84.9 Å². The van der Waals surface area contributed by atoms with Gasteiger partial charge in [-0.05, 0) is 78.4 Å². The van der Waals surface area contributed by atoms with Crippen molar-refractivity contribution in [2.45, 2.75) is 6.04 Å². The molecule has 150 valence electrons. The summed E-state index contributed by atoms with van der Waals surface area (Å²) < 4.78 is 1.98. The summed E-state index contributed by atoms with van der Waals surface area (Å²) in [7, 11) is 0. The van der Waals surface area contributed by atoms with Gasteiger partial charge in [0.25, 0.3) is 0 Å². The lowest BCUT2D eigenvalue weighted by Gasteiger charge is -2.14. The molecule has 3 nitrogen and oxygen atoms in total. The average Bonchev–Trinajstić information content (AvgIpc) is 3.02. The summed E-state index contributed by atoms with van der Waals surface area (Å²) in [4.78, 5) is 13.2. The molecule has 0 aromatic heterocycles. The Kier molecular flexibility index (Phi) is 6.42. The van der Waals surface area contributed by atoms with Gasteiger partial charge in [0, 0.05) is 30.9 Å². The predicted molar refractivity (Wildman–Crippen MR) is 132 cm³/mol. The van der Waals surface area contributed by atoms with E-state index in [0.29, 0.717) is 16.3 Å². The Hall–Kier alpha value is -2.34. The van der Waals surface area contributed by atoms with Crippen LogP contribution in [0.4, 0.5) is 11.4 Å². The normalized spacial score (nSPS) is 17.2. The number of rotatable bonds is 5. The van der Waals surface area contributed by atoms with Gasteiger partial charge >= 0.3 is 0 Å². The van der Waals surface area contributed by atoms with E-state index in [9.17, 15) is 4.79 Å². The van der Waals surface area contributed by atoms with Gasteiger partial charge in [-0.3, -0.25) is 4.79 Å². The van der Waals surface area contributed by atoms with E-state index in [1.165, 1.54) is 0 Å². The molecule has 0 radical (unpaired) electrons. The fraction of sp³-hybridized carbons (Fsp3) is 0.0417. The lowest BCUT2D eigenvalue weighted by molar-refractivity contribution is -0.111. The maximum absolute atomic E-state index is 13.2. The summed E-state index contributed by atoms with van der Waals surface area (Å²) in [6.07, 6.45) is 3.83. The molecule has 0 bridgehead atoms. The smallest absolute Gasteiger partial charge is 0.207 e. The van der Waals surface area contributed by atoms with Crippen molar-refractivity contribution in [3.05, 3.63) is 110 Å². The minimum atomic E-state index is -0.257. The first-order valence-electron chi connectivity index (χ1n) is 9.26. The Labute approximate surface area is 197 Å². The number of nitrogens with one attached hydrogen (secondary N) is 2. The first-order valence-corrected chi connectivity index (χ1v) is 11.2. The zero-order chi connectivity index (χ0) is 21.1. The van der Waals surface area contributed by atoms with Gasteiger partial charge in [-0.25, -0.2) is 0 Å². The molecule has 0 saturated carbocycles. The SMILES string of the molecule is O=C1C(Nc2ccc(Br)cc2)=CC(Nc2ccc(Br)cc2)/C1=C/c1ccc(Cl)cc1. The van der Waals surface area contributed by atoms with Crippen molar-refractivity contribution in [3.63, 3.8) is 0 Å². The van der Waals surface area contributed by atoms with E-state index >= 15 is 0 Å². The van der Waals surface area contributed by atoms with Gasteiger partial charge < -0.3 is 10.6 Å². The number of hydrogen-bond donors (Lipinski definition) is 2. The third-order valence-corrected chi connectivity index (χ3v) is 5.97. The number of benzene rings is 3. The molecule has 0 saturated heterocycles. The zero-order valence-electron chi connectivity index (χ0n) is 15.7. The molecule has 1 aliphatic rings. The number of allylic oxidation sites excluding steroid dienone is 1. The fourth-order valence-electron chi connectivity index (χ4n) is 3.16. The molecule has 1 atom stereocenters. The molecule has 1 aliphatic carbocycles. The van der Waals surface area contributed by atoms with Crippen molar-refractivity contribution in [1.82, 2.24) is 0 Å². The number of Topliss-reactive ketones (excluding diaryl/α,β-unsaturated/α-hetero) is 1. The summed E-state index contributed by atoms with van der Waals surface area (Å²) in [5, 5.41) is 7.36. The second kappa shape index (κ2) is 9.21. The number of carbonyl (C=O) groups is 1. The van der Waals surface area contributed by atoms with Gasteiger partial charge in [0.05, 0.1) is 11.7 Å². The summed E-state index contributed by atoms with van der Waals surface area (Å²) in [6, 6.07) is 22.8. The molecular formula is C24H17Br2ClN2O. The van der Waals surface area contributed by atoms with Gasteiger partial charge in [0.2, 0.25) is 5.78 Å². The topological polar surface area (TPSA) is 41.1 Å². The van der Waals surface area contributed by atoms with Gasteiger partial charge in [-0.15, -0.1) is 0 Å². The van der Waals surface area contributed by atoms with Crippen molar-refractivity contribution in [1.29, 1.82) is 0 Å². The first kappa shape index (κ1) is 20.9. The fourth-order valence-corrected chi connectivity index (χ4v) is 3.81. The van der Waals surface area contributed by atoms with Crippen molar-refractivity contribution >= 4 is 66.7 Å². The van der Waals surface area contributed by atoms with Crippen LogP contribution in [-0.2, 0) is 4.79 Å². The number of carbonyl (C=O) groups excluding carboxylic acids is 1. The van der Waals surface area contributed by atoms with Crippen LogP contribution in [0, 0.1) is 0 Å². The van der Waals surface area contributed by atoms with E-state index in [1.54, 1.807) is 0 Å². The number of anilines is 2. The van der Waals surface area contributed by atoms with E-state index < -0.39 is 0 Å². The molecule has 3 aromatic carbocycles. The standard InChI is InChI=1S/C24H17Br2ClN2O/c25-16-3-9-19(10-4-16)28-22-14-23(29-20-11-5-17(26)6-12-20)24(30)21(22)13-15-1-7-18(27)8-2-15/h1-14,22,28-29H/b21-13-. The van der Waals surface area contributed by atoms with Crippen LogP contribution in [-0.4, -0.2) is 11.8 Å². The van der Waals surface area contributed by atoms with Gasteiger partial charge in [0.15, 0.2) is 0 Å². The second-order valence-electron chi connectivity index (χ2n) is 6.82. The molecule has 2 N–H and O–H groups in total. The van der Waals surface area contributed by atoms with Crippen LogP contribution in [0.15, 0.2) is 99.1 Å². The maximum atomic E-state index is 13.2. The van der Waals surface area contributed by atoms with Crippen LogP contribution in [0.2, 0.25) is 5.02 Å². The Morgan fingerprint density at radius 3 is 1.97 bits per heavy atom. The summed E-state index contributed by atoms with van der Waals surface area (Å²) in [5.74, 6) is -0.0394. The molecule has 0 amide bonds. The lowest BCUT2D eigenvalue weighted by Crippen LogP contribution is -2.19. The van der Waals surface area contributed by atoms with Gasteiger partial charge in [-0.1, -0.05) is 55.6 Å². The third-order valence-electron chi connectivity index (χ3n) is 4.66. The average molecular weight is 545 g/mol. The molecule has 0 aliphatic heterocycles. The Bertz CT molecular complexity index is 1120. The second-order valence-corrected chi connectivity index (χ2v) is 9.09. The number of halogens is 3. The minimum Gasteiger partial charge on any atom is -0.374 e. The quantitative estimate of drug-likeness (QED) is 0.331. The lowest BCUT2D eigenvalue weighted by atomic mass is 10.0. The highest BCUT2D eigenvalue weighted by atomic mass is 79.9. The van der Waals surface area contributed by atoms with Crippen molar-refractivity contribution < 1.29 is 4.79 Å². The van der Waals surface area contributed by atoms with E-state index in [4.69, 9.17) is 11.6 Å². The van der Waals surface area contributed by atoms with E-state index in [2.05, 4.69) is 42.5 Å². The van der Waals surface area contributed by atoms with Gasteiger partial charge in [0.1, 0.15) is 0 Å². The van der Waals surface area contributed by atoms with Crippen molar-refractivity contribution in [2.24, 2.45) is 0 Å². The number of ketones is 1. The molecule has 0 spiro atoms.